The number of benzene rings is 1. The first kappa shape index (κ1) is 18.2. The zero-order valence-electron chi connectivity index (χ0n) is 14.6. The molecule has 4 rings (SSSR count). The van der Waals surface area contributed by atoms with E-state index in [0.717, 1.165) is 29.5 Å². The van der Waals surface area contributed by atoms with Crippen LogP contribution in [0.3, 0.4) is 0 Å². The number of amides is 1. The van der Waals surface area contributed by atoms with Crippen molar-refractivity contribution in [3.63, 3.8) is 0 Å². The molecule has 2 saturated heterocycles. The molecule has 2 fully saturated rings. The van der Waals surface area contributed by atoms with Crippen molar-refractivity contribution in [1.29, 1.82) is 0 Å². The number of piperidine rings is 1. The lowest BCUT2D eigenvalue weighted by Gasteiger charge is -2.28. The van der Waals surface area contributed by atoms with E-state index in [0.29, 0.717) is 43.3 Å². The predicted octanol–water partition coefficient (Wildman–Crippen LogP) is 3.14. The van der Waals surface area contributed by atoms with Crippen LogP contribution in [-0.4, -0.2) is 29.5 Å². The van der Waals surface area contributed by atoms with Gasteiger partial charge < -0.3 is 15.1 Å². The molecule has 0 radical (unpaired) electrons. The monoisotopic (exact) mass is 363 g/mol. The van der Waals surface area contributed by atoms with Gasteiger partial charge in [-0.1, -0.05) is 12.1 Å². The van der Waals surface area contributed by atoms with Gasteiger partial charge in [0.05, 0.1) is 0 Å². The van der Waals surface area contributed by atoms with Crippen molar-refractivity contribution in [2.45, 2.75) is 57.5 Å². The molecule has 2 aliphatic heterocycles. The summed E-state index contributed by atoms with van der Waals surface area (Å²) in [5.74, 6) is 1.39. The van der Waals surface area contributed by atoms with Crippen molar-refractivity contribution in [1.82, 2.24) is 15.6 Å². The fourth-order valence-corrected chi connectivity index (χ4v) is 4.22. The number of nitrogens with zero attached hydrogens (tertiary/aromatic N) is 1. The van der Waals surface area contributed by atoms with Crippen LogP contribution in [0.15, 0.2) is 22.6 Å². The zero-order chi connectivity index (χ0) is 16.5. The van der Waals surface area contributed by atoms with E-state index in [1.165, 1.54) is 12.8 Å². The molecule has 6 heteroatoms. The first-order valence-corrected chi connectivity index (χ1v) is 9.05. The number of aromatic nitrogens is 1. The van der Waals surface area contributed by atoms with E-state index in [-0.39, 0.29) is 18.3 Å². The van der Waals surface area contributed by atoms with Crippen LogP contribution in [0.2, 0.25) is 0 Å². The summed E-state index contributed by atoms with van der Waals surface area (Å²) in [5, 5.41) is 6.65. The molecule has 1 amide bonds. The molecule has 25 heavy (non-hydrogen) atoms. The smallest absolute Gasteiger partial charge is 0.220 e. The molecule has 0 aliphatic carbocycles. The van der Waals surface area contributed by atoms with Gasteiger partial charge in [-0.05, 0) is 50.2 Å². The molecule has 1 aromatic heterocycles. The number of aryl methyl sites for hydroxylation is 1. The summed E-state index contributed by atoms with van der Waals surface area (Å²) in [6.45, 7) is 2.62. The maximum Gasteiger partial charge on any atom is 0.220 e. The Labute approximate surface area is 154 Å². The number of halogens is 1. The number of nitrogens with one attached hydrogen (secondary N) is 2. The highest BCUT2D eigenvalue weighted by atomic mass is 35.5. The van der Waals surface area contributed by atoms with E-state index in [9.17, 15) is 4.79 Å². The largest absolute Gasteiger partial charge is 0.441 e. The van der Waals surface area contributed by atoms with Gasteiger partial charge in [-0.15, -0.1) is 12.4 Å². The van der Waals surface area contributed by atoms with Crippen LogP contribution < -0.4 is 10.6 Å². The van der Waals surface area contributed by atoms with Gasteiger partial charge in [0.1, 0.15) is 5.52 Å². The lowest BCUT2D eigenvalue weighted by molar-refractivity contribution is -0.122. The van der Waals surface area contributed by atoms with Gasteiger partial charge in [-0.25, -0.2) is 4.98 Å². The van der Waals surface area contributed by atoms with Crippen LogP contribution in [0, 0.1) is 12.8 Å². The Hall–Kier alpha value is -1.59. The van der Waals surface area contributed by atoms with Crippen molar-refractivity contribution in [2.75, 3.05) is 6.54 Å². The number of carbonyl (C=O) groups excluding carboxylic acids is 1. The molecular formula is C19H26ClN3O2. The van der Waals surface area contributed by atoms with Gasteiger partial charge >= 0.3 is 0 Å². The van der Waals surface area contributed by atoms with Crippen LogP contribution >= 0.6 is 12.4 Å². The number of carbonyl (C=O) groups is 1. The fourth-order valence-electron chi connectivity index (χ4n) is 4.22. The Morgan fingerprint density at radius 2 is 2.08 bits per heavy atom. The number of para-hydroxylation sites is 1. The molecular weight excluding hydrogens is 338 g/mol. The van der Waals surface area contributed by atoms with Crippen molar-refractivity contribution in [3.8, 4) is 0 Å². The minimum atomic E-state index is 0. The van der Waals surface area contributed by atoms with Crippen LogP contribution in [0.5, 0.6) is 0 Å². The molecule has 2 N–H and O–H groups in total. The standard InChI is InChI=1S/C19H25N3O2.ClH/c1-12-3-2-4-16-19(12)22-18(24-16)7-8-20-17(23)11-13-9-14-5-6-15(10-13)21-14;/h2-4,13-15,21H,5-11H2,1H3,(H,20,23);1H. The Kier molecular flexibility index (Phi) is 5.64. The third kappa shape index (κ3) is 4.15. The summed E-state index contributed by atoms with van der Waals surface area (Å²) in [5.41, 5.74) is 2.86. The average Bonchev–Trinajstić information content (AvgIpc) is 3.11. The molecule has 2 bridgehead atoms. The van der Waals surface area contributed by atoms with Gasteiger partial charge in [0, 0.05) is 31.5 Å². The third-order valence-corrected chi connectivity index (χ3v) is 5.37. The Bertz CT molecular complexity index is 733. The van der Waals surface area contributed by atoms with E-state index < -0.39 is 0 Å². The zero-order valence-corrected chi connectivity index (χ0v) is 15.4. The molecule has 0 spiro atoms. The lowest BCUT2D eigenvalue weighted by Crippen LogP contribution is -2.39. The number of hydrogen-bond acceptors (Lipinski definition) is 4. The van der Waals surface area contributed by atoms with E-state index in [4.69, 9.17) is 4.42 Å². The summed E-state index contributed by atoms with van der Waals surface area (Å²) in [7, 11) is 0. The number of rotatable bonds is 5. The SMILES string of the molecule is Cc1cccc2oc(CCNC(=O)CC3CC4CCC(C3)N4)nc12.Cl. The average molecular weight is 364 g/mol. The predicted molar refractivity (Wildman–Crippen MR) is 100.0 cm³/mol. The molecule has 136 valence electrons. The molecule has 2 atom stereocenters. The first-order chi connectivity index (χ1) is 11.7. The van der Waals surface area contributed by atoms with E-state index in [1.807, 2.05) is 25.1 Å². The van der Waals surface area contributed by atoms with Crippen LogP contribution in [0.25, 0.3) is 11.1 Å². The molecule has 2 unspecified atom stereocenters. The highest BCUT2D eigenvalue weighted by Gasteiger charge is 2.34. The number of hydrogen-bond donors (Lipinski definition) is 2. The highest BCUT2D eigenvalue weighted by Crippen LogP contribution is 2.32. The summed E-state index contributed by atoms with van der Waals surface area (Å²) in [6, 6.07) is 7.22. The van der Waals surface area contributed by atoms with Gasteiger partial charge in [0.25, 0.3) is 0 Å². The number of oxazole rings is 1. The minimum Gasteiger partial charge on any atom is -0.441 e. The molecule has 2 aromatic rings. The van der Waals surface area contributed by atoms with Crippen molar-refractivity contribution >= 4 is 29.4 Å². The Balaban J connectivity index is 0.00000182. The Morgan fingerprint density at radius 1 is 1.32 bits per heavy atom. The van der Waals surface area contributed by atoms with Gasteiger partial charge in [-0.2, -0.15) is 0 Å². The second-order valence-corrected chi connectivity index (χ2v) is 7.31. The van der Waals surface area contributed by atoms with Crippen LogP contribution in [0.1, 0.15) is 43.6 Å². The third-order valence-electron chi connectivity index (χ3n) is 5.37. The summed E-state index contributed by atoms with van der Waals surface area (Å²) >= 11 is 0. The highest BCUT2D eigenvalue weighted by molar-refractivity contribution is 5.85. The maximum absolute atomic E-state index is 12.2. The van der Waals surface area contributed by atoms with E-state index in [1.54, 1.807) is 0 Å². The van der Waals surface area contributed by atoms with Crippen molar-refractivity contribution in [2.24, 2.45) is 5.92 Å². The first-order valence-electron chi connectivity index (χ1n) is 9.05. The second-order valence-electron chi connectivity index (χ2n) is 7.31. The van der Waals surface area contributed by atoms with Gasteiger partial charge in [-0.3, -0.25) is 4.79 Å². The van der Waals surface area contributed by atoms with Crippen molar-refractivity contribution in [3.05, 3.63) is 29.7 Å². The maximum atomic E-state index is 12.2. The quantitative estimate of drug-likeness (QED) is 0.856. The van der Waals surface area contributed by atoms with Gasteiger partial charge in [0.2, 0.25) is 5.91 Å². The summed E-state index contributed by atoms with van der Waals surface area (Å²) in [4.78, 5) is 16.7. The number of fused-ring (bicyclic) bond motifs is 3. The second kappa shape index (κ2) is 7.75. The van der Waals surface area contributed by atoms with Crippen LogP contribution in [0.4, 0.5) is 0 Å². The Morgan fingerprint density at radius 3 is 2.80 bits per heavy atom. The molecule has 3 heterocycles. The topological polar surface area (TPSA) is 67.2 Å². The molecule has 2 aliphatic rings. The molecule has 1 aromatic carbocycles. The van der Waals surface area contributed by atoms with E-state index in [2.05, 4.69) is 15.6 Å². The van der Waals surface area contributed by atoms with E-state index >= 15 is 0 Å². The van der Waals surface area contributed by atoms with Gasteiger partial charge in [0.15, 0.2) is 11.5 Å². The lowest BCUT2D eigenvalue weighted by atomic mass is 9.89. The summed E-state index contributed by atoms with van der Waals surface area (Å²) in [6.07, 6.45) is 6.14. The fraction of sp³-hybridized carbons (Fsp3) is 0.579. The summed E-state index contributed by atoms with van der Waals surface area (Å²) < 4.78 is 5.75. The minimum absolute atomic E-state index is 0. The molecule has 0 saturated carbocycles. The van der Waals surface area contributed by atoms with Crippen molar-refractivity contribution < 1.29 is 9.21 Å². The van der Waals surface area contributed by atoms with Crippen LogP contribution in [-0.2, 0) is 11.2 Å². The normalized spacial score (nSPS) is 24.9. The molecule has 5 nitrogen and oxygen atoms in total.